The van der Waals surface area contributed by atoms with Crippen molar-refractivity contribution in [3.05, 3.63) is 72.8 Å². The van der Waals surface area contributed by atoms with Gasteiger partial charge < -0.3 is 14.4 Å². The fourth-order valence-electron chi connectivity index (χ4n) is 4.96. The number of benzene rings is 3. The standard InChI is InChI=1S/C25H23F3N2O4S/c26-25(27,28)34-16-12-14-17(15-13-16)35(32,33)29-20-8-5-11-23(24(20)31)30-21-9-3-1-6-18(21)19-7-2-4-10-22(19)30/h1-4,6-7,9-10,12-15,20,23-24,29,31H,5,8,11H2/t20?,23?,24-/m0/s1. The number of hydrogen-bond acceptors (Lipinski definition) is 4. The number of hydrogen-bond donors (Lipinski definition) is 2. The maximum atomic E-state index is 13.0. The zero-order valence-corrected chi connectivity index (χ0v) is 19.3. The molecule has 0 saturated heterocycles. The Morgan fingerprint density at radius 1 is 0.886 bits per heavy atom. The van der Waals surface area contributed by atoms with Crippen LogP contribution < -0.4 is 9.46 Å². The predicted molar refractivity (Wildman–Crippen MR) is 126 cm³/mol. The van der Waals surface area contributed by atoms with Crippen LogP contribution in [0.5, 0.6) is 5.75 Å². The Hall–Kier alpha value is -3.08. The minimum atomic E-state index is -4.87. The number of fused-ring (bicyclic) bond motifs is 3. The van der Waals surface area contributed by atoms with Crippen LogP contribution in [0.25, 0.3) is 21.8 Å². The van der Waals surface area contributed by atoms with Gasteiger partial charge in [0.25, 0.3) is 0 Å². The smallest absolute Gasteiger partial charge is 0.406 e. The second-order valence-corrected chi connectivity index (χ2v) is 10.4. The third-order valence-corrected chi connectivity index (χ3v) is 7.95. The Bertz CT molecular complexity index is 1410. The Morgan fingerprint density at radius 3 is 2.03 bits per heavy atom. The number of nitrogens with one attached hydrogen (secondary N) is 1. The summed E-state index contributed by atoms with van der Waals surface area (Å²) in [5.74, 6) is -0.513. The molecule has 2 N–H and O–H groups in total. The first-order valence-electron chi connectivity index (χ1n) is 11.2. The number of halogens is 3. The summed E-state index contributed by atoms with van der Waals surface area (Å²) in [6.45, 7) is 0. The fraction of sp³-hybridized carbons (Fsp3) is 0.280. The first-order valence-corrected chi connectivity index (χ1v) is 12.7. The molecule has 1 saturated carbocycles. The Balaban J connectivity index is 1.42. The molecule has 3 atom stereocenters. The summed E-state index contributed by atoms with van der Waals surface area (Å²) < 4.78 is 71.6. The van der Waals surface area contributed by atoms with Crippen LogP contribution in [0.3, 0.4) is 0 Å². The summed E-state index contributed by atoms with van der Waals surface area (Å²) in [6, 6.07) is 18.7. The van der Waals surface area contributed by atoms with Crippen molar-refractivity contribution in [2.45, 2.75) is 48.7 Å². The van der Waals surface area contributed by atoms with Crippen LogP contribution in [-0.2, 0) is 10.0 Å². The summed E-state index contributed by atoms with van der Waals surface area (Å²) in [6.07, 6.45) is -4.08. The van der Waals surface area contributed by atoms with Gasteiger partial charge in [-0.2, -0.15) is 0 Å². The van der Waals surface area contributed by atoms with Gasteiger partial charge in [0, 0.05) is 21.8 Å². The SMILES string of the molecule is O=S(=O)(NC1CCCC(n2c3ccccc3c3ccccc32)[C@H]1O)c1ccc(OC(F)(F)F)cc1. The van der Waals surface area contributed by atoms with E-state index in [1.807, 2.05) is 48.5 Å². The molecule has 1 fully saturated rings. The van der Waals surface area contributed by atoms with E-state index in [2.05, 4.69) is 14.0 Å². The van der Waals surface area contributed by atoms with Crippen molar-refractivity contribution in [2.75, 3.05) is 0 Å². The van der Waals surface area contributed by atoms with Crippen LogP contribution in [0, 0.1) is 0 Å². The van der Waals surface area contributed by atoms with Crippen molar-refractivity contribution in [1.29, 1.82) is 0 Å². The predicted octanol–water partition coefficient (Wildman–Crippen LogP) is 5.13. The molecule has 0 radical (unpaired) electrons. The Kier molecular flexibility index (Phi) is 5.98. The highest BCUT2D eigenvalue weighted by Gasteiger charge is 2.37. The van der Waals surface area contributed by atoms with Crippen molar-refractivity contribution < 1.29 is 31.4 Å². The van der Waals surface area contributed by atoms with Gasteiger partial charge in [-0.3, -0.25) is 0 Å². The monoisotopic (exact) mass is 504 g/mol. The molecular formula is C25H23F3N2O4S. The van der Waals surface area contributed by atoms with Crippen LogP contribution in [-0.4, -0.2) is 36.6 Å². The number of alkyl halides is 3. The van der Waals surface area contributed by atoms with E-state index >= 15 is 0 Å². The second-order valence-electron chi connectivity index (χ2n) is 8.64. The molecule has 10 heteroatoms. The number of rotatable bonds is 5. The summed E-state index contributed by atoms with van der Waals surface area (Å²) >= 11 is 0. The summed E-state index contributed by atoms with van der Waals surface area (Å²) in [5.41, 5.74) is 1.92. The minimum absolute atomic E-state index is 0.210. The maximum Gasteiger partial charge on any atom is 0.573 e. The number of sulfonamides is 1. The lowest BCUT2D eigenvalue weighted by Gasteiger charge is -2.36. The molecule has 35 heavy (non-hydrogen) atoms. The fourth-order valence-corrected chi connectivity index (χ4v) is 6.25. The Labute approximate surface area is 200 Å². The van der Waals surface area contributed by atoms with E-state index in [0.29, 0.717) is 19.3 Å². The summed E-state index contributed by atoms with van der Waals surface area (Å²) in [5, 5.41) is 13.4. The summed E-state index contributed by atoms with van der Waals surface area (Å²) in [7, 11) is -4.09. The average Bonchev–Trinajstić information content (AvgIpc) is 3.14. The van der Waals surface area contributed by atoms with E-state index in [0.717, 1.165) is 46.1 Å². The van der Waals surface area contributed by atoms with Crippen molar-refractivity contribution in [3.63, 3.8) is 0 Å². The van der Waals surface area contributed by atoms with Crippen LogP contribution in [0.4, 0.5) is 13.2 Å². The van der Waals surface area contributed by atoms with Gasteiger partial charge in [0.1, 0.15) is 5.75 Å². The number of aliphatic hydroxyl groups is 1. The normalized spacial score (nSPS) is 21.4. The van der Waals surface area contributed by atoms with Crippen LogP contribution in [0.1, 0.15) is 25.3 Å². The molecule has 1 heterocycles. The zero-order valence-electron chi connectivity index (χ0n) is 18.4. The first kappa shape index (κ1) is 23.7. The van der Waals surface area contributed by atoms with Crippen LogP contribution in [0.15, 0.2) is 77.7 Å². The highest BCUT2D eigenvalue weighted by molar-refractivity contribution is 7.89. The third-order valence-electron chi connectivity index (χ3n) is 6.44. The van der Waals surface area contributed by atoms with Gasteiger partial charge in [0.15, 0.2) is 0 Å². The molecule has 0 bridgehead atoms. The second kappa shape index (κ2) is 8.85. The molecule has 184 valence electrons. The molecule has 1 aromatic heterocycles. The van der Waals surface area contributed by atoms with E-state index in [1.54, 1.807) is 0 Å². The summed E-state index contributed by atoms with van der Waals surface area (Å²) in [4.78, 5) is -0.210. The number of aromatic nitrogens is 1. The number of aliphatic hydroxyl groups excluding tert-OH is 1. The van der Waals surface area contributed by atoms with E-state index < -0.39 is 34.3 Å². The van der Waals surface area contributed by atoms with Gasteiger partial charge in [0.2, 0.25) is 10.0 Å². The quantitative estimate of drug-likeness (QED) is 0.395. The van der Waals surface area contributed by atoms with E-state index in [-0.39, 0.29) is 10.9 Å². The van der Waals surface area contributed by atoms with Gasteiger partial charge in [-0.1, -0.05) is 36.4 Å². The van der Waals surface area contributed by atoms with Crippen molar-refractivity contribution >= 4 is 31.8 Å². The lowest BCUT2D eigenvalue weighted by Crippen LogP contribution is -2.49. The molecule has 4 aromatic rings. The average molecular weight is 505 g/mol. The van der Waals surface area contributed by atoms with Gasteiger partial charge >= 0.3 is 6.36 Å². The first-order chi connectivity index (χ1) is 16.6. The molecule has 0 amide bonds. The van der Waals surface area contributed by atoms with Crippen molar-refractivity contribution in [1.82, 2.24) is 9.29 Å². The molecule has 2 unspecified atom stereocenters. The third kappa shape index (κ3) is 4.61. The highest BCUT2D eigenvalue weighted by Crippen LogP contribution is 2.38. The van der Waals surface area contributed by atoms with Crippen molar-refractivity contribution in [2.24, 2.45) is 0 Å². The van der Waals surface area contributed by atoms with Gasteiger partial charge in [0.05, 0.1) is 23.1 Å². The molecule has 3 aromatic carbocycles. The lowest BCUT2D eigenvalue weighted by atomic mass is 9.88. The zero-order chi connectivity index (χ0) is 24.8. The topological polar surface area (TPSA) is 80.6 Å². The molecule has 5 rings (SSSR count). The molecule has 0 aliphatic heterocycles. The van der Waals surface area contributed by atoms with Crippen LogP contribution >= 0.6 is 0 Å². The number of para-hydroxylation sites is 2. The van der Waals surface area contributed by atoms with E-state index in [1.165, 1.54) is 0 Å². The van der Waals surface area contributed by atoms with Crippen molar-refractivity contribution in [3.8, 4) is 5.75 Å². The largest absolute Gasteiger partial charge is 0.573 e. The molecular weight excluding hydrogens is 481 g/mol. The lowest BCUT2D eigenvalue weighted by molar-refractivity contribution is -0.274. The number of nitrogens with zero attached hydrogens (tertiary/aromatic N) is 1. The molecule has 0 spiro atoms. The minimum Gasteiger partial charge on any atom is -0.406 e. The van der Waals surface area contributed by atoms with E-state index in [9.17, 15) is 26.7 Å². The van der Waals surface area contributed by atoms with E-state index in [4.69, 9.17) is 0 Å². The Morgan fingerprint density at radius 2 is 1.46 bits per heavy atom. The highest BCUT2D eigenvalue weighted by atomic mass is 32.2. The van der Waals surface area contributed by atoms with Gasteiger partial charge in [-0.15, -0.1) is 13.2 Å². The maximum absolute atomic E-state index is 13.0. The molecule has 1 aliphatic rings. The number of ether oxygens (including phenoxy) is 1. The van der Waals surface area contributed by atoms with Gasteiger partial charge in [-0.25, -0.2) is 13.1 Å². The molecule has 6 nitrogen and oxygen atoms in total. The van der Waals surface area contributed by atoms with Crippen LogP contribution in [0.2, 0.25) is 0 Å². The molecule has 1 aliphatic carbocycles. The van der Waals surface area contributed by atoms with Gasteiger partial charge in [-0.05, 0) is 55.7 Å².